The summed E-state index contributed by atoms with van der Waals surface area (Å²) in [6.45, 7) is 0. The van der Waals surface area contributed by atoms with Gasteiger partial charge >= 0.3 is 0 Å². The fourth-order valence-electron chi connectivity index (χ4n) is 0. The van der Waals surface area contributed by atoms with Gasteiger partial charge in [0.15, 0.2) is 0 Å². The summed E-state index contributed by atoms with van der Waals surface area (Å²) in [4.78, 5) is 0. The van der Waals surface area contributed by atoms with E-state index in [9.17, 15) is 0 Å². The zero-order valence-electron chi connectivity index (χ0n) is 2.57. The second-order valence-electron chi connectivity index (χ2n) is 0. The average Bonchev–Trinajstić information content (AvgIpc) is 1.00. The molecule has 0 aromatic rings. The molecule has 0 aromatic carbocycles. The molecule has 0 saturated carbocycles. The molecular weight excluding hydrogens is 73.0 g/mol. The minimum Gasteiger partial charge on any atom is -0.344 e. The van der Waals surface area contributed by atoms with Crippen LogP contribution in [0, 0.1) is 0 Å². The Bertz CT molecular complexity index is 3.25. The van der Waals surface area contributed by atoms with Crippen molar-refractivity contribution in [3.8, 4) is 0 Å². The van der Waals surface area contributed by atoms with E-state index in [0.717, 1.165) is 0 Å². The van der Waals surface area contributed by atoms with E-state index in [1.54, 1.807) is 0 Å². The minimum atomic E-state index is 0. The van der Waals surface area contributed by atoms with Gasteiger partial charge in [-0.25, -0.2) is 0 Å². The van der Waals surface area contributed by atoms with Crippen LogP contribution in [0.1, 0.15) is 0 Å². The number of rotatable bonds is 0. The maximum atomic E-state index is 4.00. The molecule has 3 nitrogen and oxygen atoms in total. The molecule has 0 aliphatic carbocycles. The molecule has 0 amide bonds. The van der Waals surface area contributed by atoms with Crippen molar-refractivity contribution in [2.24, 2.45) is 11.7 Å². The lowest BCUT2D eigenvalue weighted by Crippen LogP contribution is -2.02. The smallest absolute Gasteiger partial charge is 0.153 e. The van der Waals surface area contributed by atoms with Crippen LogP contribution in [0.5, 0.6) is 0 Å². The zero-order chi connectivity index (χ0) is 2.00. The Balaban J connectivity index is -0.00000000500. The molecule has 0 fully saturated rings. The van der Waals surface area contributed by atoms with Crippen molar-refractivity contribution >= 4 is 9.90 Å². The van der Waals surface area contributed by atoms with Gasteiger partial charge in [0.1, 0.15) is 0 Å². The van der Waals surface area contributed by atoms with Gasteiger partial charge in [-0.05, 0) is 0 Å². The Morgan fingerprint density at radius 1 is 1.00 bits per heavy atom. The molecular formula is H10N3P. The first-order valence-corrected chi connectivity index (χ1v) is 0.333. The number of nitrogens with two attached hydrogens (primary N) is 2. The molecule has 0 radical (unpaired) electrons. The van der Waals surface area contributed by atoms with E-state index in [0.29, 0.717) is 0 Å². The van der Waals surface area contributed by atoms with E-state index in [1.807, 2.05) is 0 Å². The molecule has 0 aliphatic heterocycles. The van der Waals surface area contributed by atoms with Crippen molar-refractivity contribution in [3.05, 3.63) is 0 Å². The van der Waals surface area contributed by atoms with Crippen LogP contribution in [-0.4, -0.2) is 0 Å². The molecule has 4 heteroatoms. The van der Waals surface area contributed by atoms with Crippen molar-refractivity contribution < 1.29 is 0 Å². The molecule has 4 heavy (non-hydrogen) atoms. The molecule has 0 heterocycles. The highest BCUT2D eigenvalue weighted by molar-refractivity contribution is 6.92. The quantitative estimate of drug-likeness (QED) is 0.200. The Labute approximate surface area is 28.9 Å². The van der Waals surface area contributed by atoms with E-state index < -0.39 is 0 Å². The van der Waals surface area contributed by atoms with Gasteiger partial charge in [0.2, 0.25) is 0 Å². The van der Waals surface area contributed by atoms with Gasteiger partial charge in [-0.2, -0.15) is 9.90 Å². The Kier molecular flexibility index (Phi) is 1260. The lowest BCUT2D eigenvalue weighted by atomic mass is 13.0. The molecule has 0 saturated heterocycles. The first-order chi connectivity index (χ1) is 1.00. The maximum Gasteiger partial charge on any atom is -0.153 e. The normalized spacial score (nSPS) is 1.50. The Morgan fingerprint density at radius 3 is 1.00 bits per heavy atom. The van der Waals surface area contributed by atoms with E-state index in [1.165, 1.54) is 0 Å². The number of hydrazine groups is 1. The van der Waals surface area contributed by atoms with Crippen LogP contribution in [0.2, 0.25) is 0 Å². The summed E-state index contributed by atoms with van der Waals surface area (Å²) >= 11 is 0. The Morgan fingerprint density at radius 2 is 1.00 bits per heavy atom. The van der Waals surface area contributed by atoms with Gasteiger partial charge in [0, 0.05) is 0 Å². The second-order valence-corrected chi connectivity index (χ2v) is 0. The molecule has 30 valence electrons. The van der Waals surface area contributed by atoms with Crippen LogP contribution in [0.15, 0.2) is 0 Å². The van der Waals surface area contributed by atoms with E-state index in [2.05, 4.69) is 11.7 Å². The topological polar surface area (TPSA) is 87.0 Å². The fraction of sp³-hybridized carbons (Fsp3) is 0. The highest BCUT2D eigenvalue weighted by Gasteiger charge is 0.726. The summed E-state index contributed by atoms with van der Waals surface area (Å²) < 4.78 is 0. The van der Waals surface area contributed by atoms with Crippen LogP contribution in [0.25, 0.3) is 0 Å². The lowest BCUT2D eigenvalue weighted by Gasteiger charge is -1.27. The predicted molar refractivity (Wildman–Crippen MR) is 24.5 cm³/mol. The first-order valence-electron chi connectivity index (χ1n) is 0.333. The van der Waals surface area contributed by atoms with Gasteiger partial charge in [-0.15, -0.1) is 0 Å². The Hall–Kier alpha value is 0.310. The minimum absolute atomic E-state index is 0. The first kappa shape index (κ1) is 27.5. The van der Waals surface area contributed by atoms with Crippen LogP contribution in [0.4, 0.5) is 0 Å². The highest BCUT2D eigenvalue weighted by atomic mass is 31.0. The summed E-state index contributed by atoms with van der Waals surface area (Å²) in [5.74, 6) is 8.00. The average molecular weight is 83.1 g/mol. The maximum absolute atomic E-state index is 4.00. The van der Waals surface area contributed by atoms with Crippen LogP contribution >= 0.6 is 9.90 Å². The lowest BCUT2D eigenvalue weighted by molar-refractivity contribution is 1.26. The van der Waals surface area contributed by atoms with Crippen molar-refractivity contribution in [3.63, 3.8) is 0 Å². The van der Waals surface area contributed by atoms with Crippen LogP contribution in [-0.2, 0) is 0 Å². The summed E-state index contributed by atoms with van der Waals surface area (Å²) in [5.41, 5.74) is 0. The SMILES string of the molecule is N.NN.P. The number of hydrogen-bond donors (Lipinski definition) is 3. The summed E-state index contributed by atoms with van der Waals surface area (Å²) in [6, 6.07) is 0. The molecule has 7 N–H and O–H groups in total. The third-order valence-corrected chi connectivity index (χ3v) is 0. The number of hydrogen-bond acceptors (Lipinski definition) is 3. The van der Waals surface area contributed by atoms with Gasteiger partial charge in [-0.1, -0.05) is 0 Å². The second kappa shape index (κ2) is 184. The third-order valence-electron chi connectivity index (χ3n) is 0. The summed E-state index contributed by atoms with van der Waals surface area (Å²) in [6.07, 6.45) is 0. The molecule has 0 bridgehead atoms. The van der Waals surface area contributed by atoms with E-state index in [-0.39, 0.29) is 16.0 Å². The van der Waals surface area contributed by atoms with Gasteiger partial charge in [0.05, 0.1) is 0 Å². The van der Waals surface area contributed by atoms with Crippen molar-refractivity contribution in [1.29, 1.82) is 0 Å². The monoisotopic (exact) mass is 83.1 g/mol. The molecule has 1 atom stereocenters. The zero-order valence-corrected chi connectivity index (χ0v) is 3.98. The largest absolute Gasteiger partial charge is 0.344 e. The predicted octanol–water partition coefficient (Wildman–Crippen LogP) is -0.961. The standard InChI is InChI=1S/H4N2.H3N.H3P/c1-2;;/h1-2H2;2*1H3. The summed E-state index contributed by atoms with van der Waals surface area (Å²) in [5, 5.41) is 0. The molecule has 0 rings (SSSR count). The molecule has 0 aliphatic rings. The van der Waals surface area contributed by atoms with E-state index >= 15 is 0 Å². The van der Waals surface area contributed by atoms with Gasteiger partial charge < -0.3 is 6.15 Å². The summed E-state index contributed by atoms with van der Waals surface area (Å²) in [7, 11) is 0. The third kappa shape index (κ3) is 41.3. The highest BCUT2D eigenvalue weighted by Crippen LogP contribution is 0.861. The van der Waals surface area contributed by atoms with Crippen LogP contribution in [0.3, 0.4) is 0 Å². The van der Waals surface area contributed by atoms with Crippen molar-refractivity contribution in [1.82, 2.24) is 6.15 Å². The van der Waals surface area contributed by atoms with Gasteiger partial charge in [-0.3, -0.25) is 11.7 Å². The fourth-order valence-corrected chi connectivity index (χ4v) is 0. The van der Waals surface area contributed by atoms with Crippen molar-refractivity contribution in [2.45, 2.75) is 0 Å². The van der Waals surface area contributed by atoms with Crippen molar-refractivity contribution in [2.75, 3.05) is 0 Å². The van der Waals surface area contributed by atoms with Gasteiger partial charge in [0.25, 0.3) is 0 Å². The van der Waals surface area contributed by atoms with Crippen LogP contribution < -0.4 is 17.8 Å². The molecule has 0 aromatic heterocycles. The molecule has 1 unspecified atom stereocenters. The molecule has 0 spiro atoms. The van der Waals surface area contributed by atoms with E-state index in [4.69, 9.17) is 0 Å².